The van der Waals surface area contributed by atoms with Gasteiger partial charge in [0.05, 0.1) is 6.61 Å². The number of aryl methyl sites for hydroxylation is 1. The van der Waals surface area contributed by atoms with Crippen molar-refractivity contribution in [2.24, 2.45) is 0 Å². The average molecular weight is 277 g/mol. The highest BCUT2D eigenvalue weighted by Crippen LogP contribution is 2.21. The molecule has 74 valence electrons. The molecule has 4 nitrogen and oxygen atoms in total. The molecule has 0 atom stereocenters. The summed E-state index contributed by atoms with van der Waals surface area (Å²) in [6.07, 6.45) is 0. The third-order valence-corrected chi connectivity index (χ3v) is 2.75. The van der Waals surface area contributed by atoms with Gasteiger partial charge in [-0.1, -0.05) is 11.6 Å². The lowest BCUT2D eigenvalue weighted by Crippen LogP contribution is -2.01. The highest BCUT2D eigenvalue weighted by molar-refractivity contribution is 9.10. The normalized spacial score (nSPS) is 11.1. The Morgan fingerprint density at radius 2 is 2.36 bits per heavy atom. The van der Waals surface area contributed by atoms with Gasteiger partial charge in [-0.15, -0.1) is 0 Å². The molecule has 0 saturated heterocycles. The number of aliphatic hydroxyl groups excluding tert-OH is 1. The summed E-state index contributed by atoms with van der Waals surface area (Å²) in [7, 11) is 0. The van der Waals surface area contributed by atoms with Crippen molar-refractivity contribution < 1.29 is 5.11 Å². The summed E-state index contributed by atoms with van der Waals surface area (Å²) in [4.78, 5) is 4.25. The Hall–Kier alpha value is -0.650. The van der Waals surface area contributed by atoms with Crippen LogP contribution in [0.15, 0.2) is 10.7 Å². The smallest absolute Gasteiger partial charge is 0.158 e. The molecule has 0 aromatic carbocycles. The molecule has 6 heteroatoms. The van der Waals surface area contributed by atoms with Gasteiger partial charge in [0.1, 0.15) is 9.76 Å². The van der Waals surface area contributed by atoms with Crippen LogP contribution in [-0.4, -0.2) is 19.7 Å². The molecule has 0 amide bonds. The van der Waals surface area contributed by atoms with E-state index in [1.54, 1.807) is 13.0 Å². The minimum Gasteiger partial charge on any atom is -0.391 e. The number of hydrogen-bond donors (Lipinski definition) is 1. The van der Waals surface area contributed by atoms with Crippen LogP contribution in [0, 0.1) is 6.92 Å². The molecule has 0 aliphatic carbocycles. The molecule has 2 rings (SSSR count). The summed E-state index contributed by atoms with van der Waals surface area (Å²) in [6, 6.07) is 1.76. The van der Waals surface area contributed by atoms with Gasteiger partial charge in [0.25, 0.3) is 0 Å². The molecule has 0 spiro atoms. The third kappa shape index (κ3) is 1.41. The molecule has 14 heavy (non-hydrogen) atoms. The minimum atomic E-state index is -0.134. The summed E-state index contributed by atoms with van der Waals surface area (Å²) in [5.41, 5.74) is 1.99. The number of hydrogen-bond acceptors (Lipinski definition) is 3. The third-order valence-electron chi connectivity index (χ3n) is 1.97. The molecule has 2 aromatic heterocycles. The van der Waals surface area contributed by atoms with Gasteiger partial charge in [-0.2, -0.15) is 5.10 Å². The lowest BCUT2D eigenvalue weighted by molar-refractivity contribution is 0.280. The molecule has 0 saturated carbocycles. The molecule has 0 fully saturated rings. The van der Waals surface area contributed by atoms with E-state index in [0.29, 0.717) is 21.0 Å². The molecule has 0 bridgehead atoms. The fourth-order valence-corrected chi connectivity index (χ4v) is 1.95. The first-order valence-electron chi connectivity index (χ1n) is 3.94. The van der Waals surface area contributed by atoms with Gasteiger partial charge < -0.3 is 5.11 Å². The SMILES string of the molecule is Cc1nc2cc(Br)nn2c(Cl)c1CO. The van der Waals surface area contributed by atoms with Gasteiger partial charge in [-0.25, -0.2) is 9.50 Å². The van der Waals surface area contributed by atoms with Crippen molar-refractivity contribution in [1.82, 2.24) is 14.6 Å². The van der Waals surface area contributed by atoms with Gasteiger partial charge in [-0.05, 0) is 22.9 Å². The average Bonchev–Trinajstić information content (AvgIpc) is 2.47. The Labute approximate surface area is 93.7 Å². The Morgan fingerprint density at radius 3 is 3.00 bits per heavy atom. The van der Waals surface area contributed by atoms with Crippen LogP contribution in [0.25, 0.3) is 5.65 Å². The van der Waals surface area contributed by atoms with Crippen molar-refractivity contribution in [2.75, 3.05) is 0 Å². The van der Waals surface area contributed by atoms with E-state index in [-0.39, 0.29) is 6.61 Å². The van der Waals surface area contributed by atoms with E-state index in [4.69, 9.17) is 16.7 Å². The van der Waals surface area contributed by atoms with Crippen molar-refractivity contribution in [3.8, 4) is 0 Å². The maximum atomic E-state index is 9.09. The standard InChI is InChI=1S/C8H7BrClN3O/c1-4-5(3-14)8(10)13-7(11-4)2-6(9)12-13/h2,14H,3H2,1H3. The summed E-state index contributed by atoms with van der Waals surface area (Å²) in [5.74, 6) is 0. The first-order chi connectivity index (χ1) is 6.63. The predicted molar refractivity (Wildman–Crippen MR) is 56.4 cm³/mol. The first-order valence-corrected chi connectivity index (χ1v) is 5.11. The predicted octanol–water partition coefficient (Wildman–Crippen LogP) is 1.95. The zero-order valence-corrected chi connectivity index (χ0v) is 9.67. The second kappa shape index (κ2) is 3.49. The number of aromatic nitrogens is 3. The van der Waals surface area contributed by atoms with E-state index in [1.807, 2.05) is 0 Å². The summed E-state index contributed by atoms with van der Waals surface area (Å²) in [5, 5.41) is 13.6. The lowest BCUT2D eigenvalue weighted by Gasteiger charge is -2.05. The van der Waals surface area contributed by atoms with Crippen LogP contribution in [-0.2, 0) is 6.61 Å². The fraction of sp³-hybridized carbons (Fsp3) is 0.250. The number of nitrogens with zero attached hydrogens (tertiary/aromatic N) is 3. The first kappa shape index (κ1) is 9.89. The lowest BCUT2D eigenvalue weighted by atomic mass is 10.2. The molecule has 2 aromatic rings. The highest BCUT2D eigenvalue weighted by atomic mass is 79.9. The van der Waals surface area contributed by atoms with E-state index in [1.165, 1.54) is 4.52 Å². The molecule has 1 N–H and O–H groups in total. The zero-order valence-electron chi connectivity index (χ0n) is 7.33. The van der Waals surface area contributed by atoms with Crippen molar-refractivity contribution in [3.05, 3.63) is 27.1 Å². The quantitative estimate of drug-likeness (QED) is 0.810. The van der Waals surface area contributed by atoms with Crippen LogP contribution in [0.1, 0.15) is 11.3 Å². The largest absolute Gasteiger partial charge is 0.391 e. The van der Waals surface area contributed by atoms with E-state index >= 15 is 0 Å². The van der Waals surface area contributed by atoms with Crippen LogP contribution in [0.4, 0.5) is 0 Å². The number of fused-ring (bicyclic) bond motifs is 1. The Bertz CT molecular complexity index is 497. The summed E-state index contributed by atoms with van der Waals surface area (Å²) in [6.45, 7) is 1.67. The van der Waals surface area contributed by atoms with Gasteiger partial charge in [0.2, 0.25) is 0 Å². The second-order valence-electron chi connectivity index (χ2n) is 2.86. The summed E-state index contributed by atoms with van der Waals surface area (Å²) >= 11 is 9.28. The van der Waals surface area contributed by atoms with Gasteiger partial charge in [0, 0.05) is 17.3 Å². The van der Waals surface area contributed by atoms with Crippen molar-refractivity contribution in [3.63, 3.8) is 0 Å². The van der Waals surface area contributed by atoms with Crippen LogP contribution in [0.3, 0.4) is 0 Å². The van der Waals surface area contributed by atoms with Gasteiger partial charge in [0.15, 0.2) is 5.65 Å². The number of halogens is 2. The topological polar surface area (TPSA) is 50.4 Å². The van der Waals surface area contributed by atoms with E-state index in [2.05, 4.69) is 26.0 Å². The minimum absolute atomic E-state index is 0.134. The van der Waals surface area contributed by atoms with Crippen molar-refractivity contribution in [2.45, 2.75) is 13.5 Å². The van der Waals surface area contributed by atoms with Gasteiger partial charge in [-0.3, -0.25) is 0 Å². The fourth-order valence-electron chi connectivity index (χ4n) is 1.26. The van der Waals surface area contributed by atoms with Gasteiger partial charge >= 0.3 is 0 Å². The zero-order chi connectivity index (χ0) is 10.3. The summed E-state index contributed by atoms with van der Waals surface area (Å²) < 4.78 is 2.16. The Morgan fingerprint density at radius 1 is 1.64 bits per heavy atom. The van der Waals surface area contributed by atoms with Crippen LogP contribution in [0.2, 0.25) is 5.15 Å². The maximum Gasteiger partial charge on any atom is 0.158 e. The second-order valence-corrected chi connectivity index (χ2v) is 4.03. The molecule has 0 unspecified atom stereocenters. The molecular weight excluding hydrogens is 269 g/mol. The van der Waals surface area contributed by atoms with E-state index < -0.39 is 0 Å². The van der Waals surface area contributed by atoms with Crippen molar-refractivity contribution in [1.29, 1.82) is 0 Å². The molecular formula is C8H7BrClN3O. The molecule has 2 heterocycles. The molecule has 0 aliphatic rings. The molecule has 0 radical (unpaired) electrons. The molecule has 0 aliphatic heterocycles. The van der Waals surface area contributed by atoms with E-state index in [0.717, 1.165) is 5.69 Å². The van der Waals surface area contributed by atoms with Crippen molar-refractivity contribution >= 4 is 33.2 Å². The van der Waals surface area contributed by atoms with E-state index in [9.17, 15) is 0 Å². The Kier molecular flexibility index (Phi) is 2.47. The monoisotopic (exact) mass is 275 g/mol. The van der Waals surface area contributed by atoms with Crippen LogP contribution >= 0.6 is 27.5 Å². The Balaban J connectivity index is 2.84. The highest BCUT2D eigenvalue weighted by Gasteiger charge is 2.11. The van der Waals surface area contributed by atoms with Crippen LogP contribution in [0.5, 0.6) is 0 Å². The maximum absolute atomic E-state index is 9.09. The number of rotatable bonds is 1. The van der Waals surface area contributed by atoms with Crippen LogP contribution < -0.4 is 0 Å². The number of aliphatic hydroxyl groups is 1.